The molecular formula is H2BI2N-. The van der Waals surface area contributed by atoms with Crippen LogP contribution in [0.2, 0.25) is 0 Å². The van der Waals surface area contributed by atoms with Gasteiger partial charge in [0.1, 0.15) is 0 Å². The van der Waals surface area contributed by atoms with Gasteiger partial charge in [0.2, 0.25) is 0 Å². The van der Waals surface area contributed by atoms with Gasteiger partial charge in [-0.2, -0.15) is 0 Å². The van der Waals surface area contributed by atoms with Crippen LogP contribution in [0, 0.1) is 0 Å². The van der Waals surface area contributed by atoms with Crippen molar-refractivity contribution in [2.24, 2.45) is 3.95 Å². The van der Waals surface area contributed by atoms with Crippen molar-refractivity contribution in [2.75, 3.05) is 0 Å². The van der Waals surface area contributed by atoms with Crippen LogP contribution in [0.1, 0.15) is 0 Å². The van der Waals surface area contributed by atoms with Gasteiger partial charge in [0.15, 0.2) is 0 Å². The monoisotopic (exact) mass is 281 g/mol. The summed E-state index contributed by atoms with van der Waals surface area (Å²) >= 11 is 2.12. The first-order valence-electron chi connectivity index (χ1n) is 0.655. The van der Waals surface area contributed by atoms with Gasteiger partial charge in [0.25, 0.3) is 0 Å². The SMILES string of the molecule is N[I-][B]I. The summed E-state index contributed by atoms with van der Waals surface area (Å²) < 4.78 is 7.06. The maximum absolute atomic E-state index is 5.07. The molecule has 0 aliphatic heterocycles. The van der Waals surface area contributed by atoms with Crippen molar-refractivity contribution in [1.82, 2.24) is 0 Å². The van der Waals surface area contributed by atoms with E-state index >= 15 is 0 Å². The van der Waals surface area contributed by atoms with E-state index in [2.05, 4.69) is 22.4 Å². The van der Waals surface area contributed by atoms with E-state index in [9.17, 15) is 0 Å². The fourth-order valence-corrected chi connectivity index (χ4v) is 0. The molecule has 0 spiro atoms. The first-order valence-corrected chi connectivity index (χ1v) is 4.39. The maximum atomic E-state index is 5.07. The molecule has 0 aromatic rings. The van der Waals surface area contributed by atoms with Crippen LogP contribution in [0.3, 0.4) is 0 Å². The molecule has 0 aromatic carbocycles. The molecule has 4 heavy (non-hydrogen) atoms. The summed E-state index contributed by atoms with van der Waals surface area (Å²) in [6.45, 7) is 0. The zero-order valence-corrected chi connectivity index (χ0v) is 6.23. The van der Waals surface area contributed by atoms with Crippen LogP contribution in [0.25, 0.3) is 0 Å². The zero-order chi connectivity index (χ0) is 3.41. The van der Waals surface area contributed by atoms with E-state index < -0.39 is 0 Å². The Hall–Kier alpha value is 1.48. The van der Waals surface area contributed by atoms with Gasteiger partial charge in [-0.25, -0.2) is 0 Å². The molecule has 0 unspecified atom stereocenters. The topological polar surface area (TPSA) is 26.0 Å². The summed E-state index contributed by atoms with van der Waals surface area (Å²) in [6, 6.07) is 0. The van der Waals surface area contributed by atoms with Crippen molar-refractivity contribution >= 4 is 25.4 Å². The van der Waals surface area contributed by atoms with E-state index in [1.54, 1.807) is 0 Å². The summed E-state index contributed by atoms with van der Waals surface area (Å²) in [5, 5.41) is 0. The summed E-state index contributed by atoms with van der Waals surface area (Å²) in [5.41, 5.74) is 0. The second kappa shape index (κ2) is 4.48. The molecule has 0 saturated carbocycles. The molecule has 0 saturated heterocycles. The third kappa shape index (κ3) is 3.48. The van der Waals surface area contributed by atoms with Crippen LogP contribution in [0.4, 0.5) is 0 Å². The molecule has 0 amide bonds. The van der Waals surface area contributed by atoms with Crippen molar-refractivity contribution in [1.29, 1.82) is 0 Å². The average Bonchev–Trinajstić information content (AvgIpc) is 1.37. The predicted octanol–water partition coefficient (Wildman–Crippen LogP) is -3.08. The fourth-order valence-electron chi connectivity index (χ4n) is 0. The first-order chi connectivity index (χ1) is 1.91. The Morgan fingerprint density at radius 1 is 2.00 bits per heavy atom. The summed E-state index contributed by atoms with van der Waals surface area (Å²) in [4.78, 5) is 0. The van der Waals surface area contributed by atoms with Gasteiger partial charge in [-0.05, 0) is 0 Å². The summed E-state index contributed by atoms with van der Waals surface area (Å²) in [5.74, 6) is 0. The van der Waals surface area contributed by atoms with Crippen molar-refractivity contribution < 1.29 is 21.3 Å². The molecule has 25 valence electrons. The average molecular weight is 281 g/mol. The summed E-state index contributed by atoms with van der Waals surface area (Å²) in [7, 11) is 0. The van der Waals surface area contributed by atoms with Gasteiger partial charge in [0.05, 0.1) is 0 Å². The standard InChI is InChI=1S/BH2I2N/c2-1-3-4/h4H2/q-1. The number of halogens is 2. The van der Waals surface area contributed by atoms with E-state index in [-0.39, 0.29) is 21.3 Å². The van der Waals surface area contributed by atoms with Gasteiger partial charge >= 0.3 is 50.6 Å². The van der Waals surface area contributed by atoms with Gasteiger partial charge in [-0.15, -0.1) is 0 Å². The molecule has 0 aliphatic carbocycles. The molecule has 0 rings (SSSR count). The summed E-state index contributed by atoms with van der Waals surface area (Å²) in [6.07, 6.45) is 0. The van der Waals surface area contributed by atoms with E-state index in [1.807, 2.05) is 2.99 Å². The second-order valence-electron chi connectivity index (χ2n) is 0.208. The predicted molar refractivity (Wildman–Crippen MR) is 24.0 cm³/mol. The molecular weight excluding hydrogens is 279 g/mol. The van der Waals surface area contributed by atoms with Crippen molar-refractivity contribution in [3.63, 3.8) is 0 Å². The van der Waals surface area contributed by atoms with Crippen molar-refractivity contribution in [3.8, 4) is 0 Å². The Morgan fingerprint density at radius 2 is 2.25 bits per heavy atom. The van der Waals surface area contributed by atoms with E-state index in [0.29, 0.717) is 0 Å². The van der Waals surface area contributed by atoms with Crippen LogP contribution in [-0.2, 0) is 0 Å². The van der Waals surface area contributed by atoms with Crippen LogP contribution in [0.15, 0.2) is 0 Å². The van der Waals surface area contributed by atoms with E-state index in [4.69, 9.17) is 3.95 Å². The number of rotatable bonds is 1. The molecule has 0 aliphatic rings. The van der Waals surface area contributed by atoms with Crippen LogP contribution in [-0.4, -0.2) is 2.99 Å². The molecule has 0 atom stereocenters. The quantitative estimate of drug-likeness (QED) is 0.308. The van der Waals surface area contributed by atoms with Gasteiger partial charge in [-0.1, -0.05) is 0 Å². The Bertz CT molecular complexity index is 8.00. The van der Waals surface area contributed by atoms with Crippen LogP contribution >= 0.6 is 22.4 Å². The number of nitrogens with two attached hydrogens (primary N) is 1. The van der Waals surface area contributed by atoms with Crippen LogP contribution < -0.4 is 25.2 Å². The van der Waals surface area contributed by atoms with Gasteiger partial charge in [0, 0.05) is 0 Å². The van der Waals surface area contributed by atoms with Crippen LogP contribution in [0.5, 0.6) is 0 Å². The Balaban J connectivity index is 1.97. The molecule has 0 fully saturated rings. The molecule has 1 nitrogen and oxygen atoms in total. The number of hydrogen-bond donors (Lipinski definition) is 1. The molecule has 2 N–H and O–H groups in total. The number of hydrogen-bond acceptors (Lipinski definition) is 1. The fraction of sp³-hybridized carbons (Fsp3) is 0. The van der Waals surface area contributed by atoms with Gasteiger partial charge in [-0.3, -0.25) is 0 Å². The minimum absolute atomic E-state index is 0.0278. The Kier molecular flexibility index (Phi) is 6.15. The van der Waals surface area contributed by atoms with E-state index in [0.717, 1.165) is 0 Å². The van der Waals surface area contributed by atoms with Crippen molar-refractivity contribution in [2.45, 2.75) is 0 Å². The Labute approximate surface area is 50.2 Å². The molecule has 1 radical (unpaired) electrons. The molecule has 4 heteroatoms. The normalized spacial score (nSPS) is 7.50. The first kappa shape index (κ1) is 5.48. The third-order valence-electron chi connectivity index (χ3n) is 0.0476. The second-order valence-corrected chi connectivity index (χ2v) is 4.56. The molecule has 0 aromatic heterocycles. The third-order valence-corrected chi connectivity index (χ3v) is 2.14. The minimum atomic E-state index is -0.0278. The van der Waals surface area contributed by atoms with Gasteiger partial charge < -0.3 is 0 Å². The molecule has 0 bridgehead atoms. The Morgan fingerprint density at radius 3 is 2.25 bits per heavy atom. The molecule has 0 heterocycles. The van der Waals surface area contributed by atoms with Crippen molar-refractivity contribution in [3.05, 3.63) is 0 Å². The zero-order valence-electron chi connectivity index (χ0n) is 1.91. The van der Waals surface area contributed by atoms with E-state index in [1.165, 1.54) is 0 Å².